The van der Waals surface area contributed by atoms with Gasteiger partial charge in [0.05, 0.1) is 29.7 Å². The Hall–Kier alpha value is -2.84. The highest BCUT2D eigenvalue weighted by atomic mass is 32.2. The van der Waals surface area contributed by atoms with Crippen molar-refractivity contribution in [2.24, 2.45) is 17.3 Å². The number of esters is 2. The van der Waals surface area contributed by atoms with Gasteiger partial charge in [0.1, 0.15) is 11.0 Å². The van der Waals surface area contributed by atoms with Gasteiger partial charge in [0.25, 0.3) is 0 Å². The monoisotopic (exact) mass is 555 g/mol. The zero-order valence-electron chi connectivity index (χ0n) is 23.9. The fourth-order valence-electron chi connectivity index (χ4n) is 4.55. The minimum atomic E-state index is -0.751. The van der Waals surface area contributed by atoms with Crippen LogP contribution < -0.4 is 5.32 Å². The summed E-state index contributed by atoms with van der Waals surface area (Å²) < 4.78 is 18.5. The van der Waals surface area contributed by atoms with Gasteiger partial charge in [-0.25, -0.2) is 4.79 Å². The van der Waals surface area contributed by atoms with E-state index >= 15 is 0 Å². The predicted molar refractivity (Wildman–Crippen MR) is 152 cm³/mol. The molecular weight excluding hydrogens is 514 g/mol. The first-order chi connectivity index (χ1) is 18.3. The van der Waals surface area contributed by atoms with E-state index < -0.39 is 34.6 Å². The fourth-order valence-corrected chi connectivity index (χ4v) is 5.75. The molecule has 2 aromatic rings. The summed E-state index contributed by atoms with van der Waals surface area (Å²) in [6.07, 6.45) is -0.790. The van der Waals surface area contributed by atoms with Gasteiger partial charge in [-0.3, -0.25) is 9.59 Å². The topological polar surface area (TPSA) is 90.9 Å². The molecule has 0 radical (unpaired) electrons. The zero-order valence-corrected chi connectivity index (χ0v) is 24.7. The van der Waals surface area contributed by atoms with Crippen molar-refractivity contribution in [2.75, 3.05) is 6.61 Å². The van der Waals surface area contributed by atoms with Crippen LogP contribution in [0.25, 0.3) is 0 Å². The van der Waals surface area contributed by atoms with E-state index in [0.717, 1.165) is 4.90 Å². The van der Waals surface area contributed by atoms with Crippen LogP contribution in [-0.4, -0.2) is 47.6 Å². The molecule has 0 aromatic heterocycles. The summed E-state index contributed by atoms with van der Waals surface area (Å²) in [4.78, 5) is 38.2. The van der Waals surface area contributed by atoms with E-state index in [9.17, 15) is 14.4 Å². The van der Waals surface area contributed by atoms with Gasteiger partial charge in [-0.1, -0.05) is 62.0 Å². The first-order valence-corrected chi connectivity index (χ1v) is 14.2. The molecule has 0 spiro atoms. The van der Waals surface area contributed by atoms with Crippen LogP contribution in [0.5, 0.6) is 0 Å². The molecule has 7 nitrogen and oxygen atoms in total. The minimum Gasteiger partial charge on any atom is -0.465 e. The van der Waals surface area contributed by atoms with Crippen molar-refractivity contribution in [1.29, 1.82) is 0 Å². The summed E-state index contributed by atoms with van der Waals surface area (Å²) in [5.41, 5.74) is -0.167. The summed E-state index contributed by atoms with van der Waals surface area (Å²) in [6, 6.07) is 18.1. The molecule has 1 unspecified atom stereocenters. The average molecular weight is 556 g/mol. The average Bonchev–Trinajstić information content (AvgIpc) is 2.88. The van der Waals surface area contributed by atoms with Crippen molar-refractivity contribution in [1.82, 2.24) is 5.32 Å². The van der Waals surface area contributed by atoms with Crippen LogP contribution in [0.1, 0.15) is 65.2 Å². The number of nitrogens with one attached hydrogen (secondary N) is 1. The number of hydrogen-bond donors (Lipinski definition) is 1. The van der Waals surface area contributed by atoms with Gasteiger partial charge >= 0.3 is 11.9 Å². The van der Waals surface area contributed by atoms with Crippen molar-refractivity contribution < 1.29 is 28.6 Å². The molecular formula is C31H41NO6S. The van der Waals surface area contributed by atoms with Gasteiger partial charge in [0.2, 0.25) is 5.91 Å². The smallest absolute Gasteiger partial charge is 0.338 e. The van der Waals surface area contributed by atoms with E-state index in [1.165, 1.54) is 6.92 Å². The number of rotatable bonds is 9. The molecule has 1 fully saturated rings. The maximum absolute atomic E-state index is 13.2. The zero-order chi connectivity index (χ0) is 28.8. The molecule has 0 bridgehead atoms. The van der Waals surface area contributed by atoms with Gasteiger partial charge in [-0.05, 0) is 63.8 Å². The largest absolute Gasteiger partial charge is 0.465 e. The number of ether oxygens (including phenoxy) is 3. The van der Waals surface area contributed by atoms with Crippen molar-refractivity contribution in [3.63, 3.8) is 0 Å². The second kappa shape index (κ2) is 13.0. The van der Waals surface area contributed by atoms with Gasteiger partial charge in [-0.15, -0.1) is 0 Å². The predicted octanol–water partition coefficient (Wildman–Crippen LogP) is 5.88. The van der Waals surface area contributed by atoms with Crippen LogP contribution in [0.3, 0.4) is 0 Å². The highest BCUT2D eigenvalue weighted by Gasteiger charge is 2.50. The Morgan fingerprint density at radius 2 is 1.64 bits per heavy atom. The lowest BCUT2D eigenvalue weighted by atomic mass is 9.82. The van der Waals surface area contributed by atoms with Crippen LogP contribution in [0, 0.1) is 17.3 Å². The van der Waals surface area contributed by atoms with Crippen LogP contribution in [-0.2, 0) is 23.8 Å². The molecule has 1 saturated heterocycles. The maximum atomic E-state index is 13.2. The number of amides is 1. The molecule has 0 saturated carbocycles. The summed E-state index contributed by atoms with van der Waals surface area (Å²) >= 11 is 1.56. The van der Waals surface area contributed by atoms with Gasteiger partial charge < -0.3 is 19.5 Å². The van der Waals surface area contributed by atoms with Crippen LogP contribution in [0.15, 0.2) is 65.6 Å². The Morgan fingerprint density at radius 3 is 2.21 bits per heavy atom. The van der Waals surface area contributed by atoms with E-state index in [4.69, 9.17) is 14.2 Å². The quantitative estimate of drug-likeness (QED) is 0.387. The van der Waals surface area contributed by atoms with Crippen LogP contribution in [0.4, 0.5) is 0 Å². The van der Waals surface area contributed by atoms with Gasteiger partial charge in [0.15, 0.2) is 0 Å². The van der Waals surface area contributed by atoms with Crippen LogP contribution >= 0.6 is 11.8 Å². The highest BCUT2D eigenvalue weighted by Crippen LogP contribution is 2.45. The lowest BCUT2D eigenvalue weighted by Crippen LogP contribution is -2.62. The second-order valence-electron chi connectivity index (χ2n) is 11.6. The molecule has 39 heavy (non-hydrogen) atoms. The third-order valence-corrected chi connectivity index (χ3v) is 8.13. The molecule has 1 amide bonds. The maximum Gasteiger partial charge on any atom is 0.338 e. The Balaban J connectivity index is 1.92. The van der Waals surface area contributed by atoms with E-state index in [-0.39, 0.29) is 30.3 Å². The van der Waals surface area contributed by atoms with E-state index in [1.54, 1.807) is 36.0 Å². The van der Waals surface area contributed by atoms with Crippen molar-refractivity contribution in [3.8, 4) is 0 Å². The molecule has 0 aliphatic carbocycles. The number of benzene rings is 2. The lowest BCUT2D eigenvalue weighted by molar-refractivity contribution is -0.166. The first-order valence-electron chi connectivity index (χ1n) is 13.4. The van der Waals surface area contributed by atoms with E-state index in [0.29, 0.717) is 12.0 Å². The molecule has 212 valence electrons. The highest BCUT2D eigenvalue weighted by molar-refractivity contribution is 8.00. The summed E-state index contributed by atoms with van der Waals surface area (Å²) in [7, 11) is 0. The Kier molecular flexibility index (Phi) is 10.2. The Labute approximate surface area is 236 Å². The normalized spacial score (nSPS) is 24.7. The van der Waals surface area contributed by atoms with Gasteiger partial charge in [0, 0.05) is 18.2 Å². The number of hydrogen-bond acceptors (Lipinski definition) is 7. The molecule has 8 heteroatoms. The van der Waals surface area contributed by atoms with Crippen molar-refractivity contribution >= 4 is 29.6 Å². The summed E-state index contributed by atoms with van der Waals surface area (Å²) in [5, 5.41) is 3.01. The molecule has 1 heterocycles. The summed E-state index contributed by atoms with van der Waals surface area (Å²) in [6.45, 7) is 13.1. The number of carbonyl (C=O) groups excluding carboxylic acids is 3. The molecule has 1 aliphatic rings. The van der Waals surface area contributed by atoms with Gasteiger partial charge in [-0.2, -0.15) is 0 Å². The Morgan fingerprint density at radius 1 is 1.05 bits per heavy atom. The first kappa shape index (κ1) is 30.7. The number of thioether (sulfide) groups is 1. The molecule has 1 aliphatic heterocycles. The van der Waals surface area contributed by atoms with E-state index in [1.807, 2.05) is 77.9 Å². The number of carbonyl (C=O) groups is 3. The molecule has 6 atom stereocenters. The molecule has 2 aromatic carbocycles. The third-order valence-electron chi connectivity index (χ3n) is 6.93. The SMILES string of the molecule is CC(=O)N[C@H]1C([C@H](C)[C@H](C)COC(=O)C(C)(C)C)O[C@@](C)(Sc2ccccc2)C[C@H]1OC(=O)c1ccccc1. The standard InChI is InChI=1S/C31H41NO6S/c1-20(19-36-29(35)30(4,5)6)21(2)27-26(32-22(3)33)25(37-28(34)23-14-10-8-11-15-23)18-31(7,38-27)39-24-16-12-9-13-17-24/h8-17,20-21,25-27H,18-19H2,1-7H3,(H,32,33)/t20-,21-,25-,26-,27?,31+/m1/s1. The lowest BCUT2D eigenvalue weighted by Gasteiger charge is -2.49. The minimum absolute atomic E-state index is 0.0906. The second-order valence-corrected chi connectivity index (χ2v) is 13.1. The van der Waals surface area contributed by atoms with Crippen molar-refractivity contribution in [3.05, 3.63) is 66.2 Å². The summed E-state index contributed by atoms with van der Waals surface area (Å²) in [5.74, 6) is -1.21. The van der Waals surface area contributed by atoms with E-state index in [2.05, 4.69) is 5.32 Å². The molecule has 1 N–H and O–H groups in total. The fraction of sp³-hybridized carbons (Fsp3) is 0.516. The van der Waals surface area contributed by atoms with Crippen LogP contribution in [0.2, 0.25) is 0 Å². The molecule has 3 rings (SSSR count). The third kappa shape index (κ3) is 8.57. The Bertz CT molecular complexity index is 1120. The van der Waals surface area contributed by atoms with Crippen molar-refractivity contribution in [2.45, 2.75) is 83.0 Å².